The number of ether oxygens (including phenoxy) is 1. The minimum atomic E-state index is -0.706. The number of thioether (sulfide) groups is 1. The molecule has 0 amide bonds. The smallest absolute Gasteiger partial charge is 0.326 e. The van der Waals surface area contributed by atoms with E-state index in [1.54, 1.807) is 0 Å². The molecule has 2 rings (SSSR count). The highest BCUT2D eigenvalue weighted by Gasteiger charge is 2.43. The third-order valence-corrected chi connectivity index (χ3v) is 5.77. The largest absolute Gasteiger partial charge is 0.465 e. The van der Waals surface area contributed by atoms with E-state index in [4.69, 9.17) is 10.5 Å². The van der Waals surface area contributed by atoms with E-state index in [9.17, 15) is 4.79 Å². The van der Waals surface area contributed by atoms with E-state index in [1.807, 2.05) is 6.92 Å². The van der Waals surface area contributed by atoms with Gasteiger partial charge in [-0.15, -0.1) is 0 Å². The summed E-state index contributed by atoms with van der Waals surface area (Å²) in [5.74, 6) is -0.197. The SMILES string of the molecule is CCOC(=O)C1(N)CCC(SC2CCCCC2)C1. The van der Waals surface area contributed by atoms with Crippen LogP contribution >= 0.6 is 11.8 Å². The number of hydrogen-bond acceptors (Lipinski definition) is 4. The van der Waals surface area contributed by atoms with Crippen molar-refractivity contribution < 1.29 is 9.53 Å². The molecule has 0 aliphatic heterocycles. The van der Waals surface area contributed by atoms with Crippen LogP contribution in [0.1, 0.15) is 58.3 Å². The van der Waals surface area contributed by atoms with Gasteiger partial charge in [-0.25, -0.2) is 0 Å². The molecule has 2 aliphatic rings. The number of hydrogen-bond donors (Lipinski definition) is 1. The van der Waals surface area contributed by atoms with Crippen LogP contribution in [0.2, 0.25) is 0 Å². The van der Waals surface area contributed by atoms with Crippen LogP contribution in [-0.4, -0.2) is 28.6 Å². The minimum Gasteiger partial charge on any atom is -0.465 e. The topological polar surface area (TPSA) is 52.3 Å². The molecule has 0 heterocycles. The molecule has 4 heteroatoms. The molecule has 0 aromatic carbocycles. The van der Waals surface area contributed by atoms with E-state index < -0.39 is 5.54 Å². The summed E-state index contributed by atoms with van der Waals surface area (Å²) in [7, 11) is 0. The molecule has 2 saturated carbocycles. The number of carbonyl (C=O) groups excluding carboxylic acids is 1. The maximum absolute atomic E-state index is 11.8. The van der Waals surface area contributed by atoms with Gasteiger partial charge in [0.15, 0.2) is 0 Å². The average Bonchev–Trinajstić information content (AvgIpc) is 2.74. The first-order valence-corrected chi connectivity index (χ1v) is 8.20. The second kappa shape index (κ2) is 6.29. The number of esters is 1. The molecule has 2 N–H and O–H groups in total. The average molecular weight is 271 g/mol. The van der Waals surface area contributed by atoms with Gasteiger partial charge in [-0.3, -0.25) is 4.79 Å². The number of rotatable bonds is 4. The van der Waals surface area contributed by atoms with Crippen LogP contribution in [0.5, 0.6) is 0 Å². The van der Waals surface area contributed by atoms with Crippen LogP contribution in [0.25, 0.3) is 0 Å². The van der Waals surface area contributed by atoms with E-state index >= 15 is 0 Å². The Morgan fingerprint density at radius 3 is 2.67 bits per heavy atom. The quantitative estimate of drug-likeness (QED) is 0.799. The van der Waals surface area contributed by atoms with Gasteiger partial charge in [0.05, 0.1) is 6.61 Å². The van der Waals surface area contributed by atoms with Crippen LogP contribution in [0.4, 0.5) is 0 Å². The zero-order valence-electron chi connectivity index (χ0n) is 11.3. The van der Waals surface area contributed by atoms with Crippen molar-refractivity contribution in [2.24, 2.45) is 5.73 Å². The van der Waals surface area contributed by atoms with Gasteiger partial charge in [-0.1, -0.05) is 19.3 Å². The Hall–Kier alpha value is -0.220. The summed E-state index contributed by atoms with van der Waals surface area (Å²) in [6.45, 7) is 2.27. The van der Waals surface area contributed by atoms with Crippen LogP contribution in [0.3, 0.4) is 0 Å². The summed E-state index contributed by atoms with van der Waals surface area (Å²) in [5, 5.41) is 1.36. The highest BCUT2D eigenvalue weighted by atomic mass is 32.2. The molecule has 0 radical (unpaired) electrons. The minimum absolute atomic E-state index is 0.197. The van der Waals surface area contributed by atoms with Gasteiger partial charge in [0.25, 0.3) is 0 Å². The fraction of sp³-hybridized carbons (Fsp3) is 0.929. The van der Waals surface area contributed by atoms with Gasteiger partial charge < -0.3 is 10.5 Å². The zero-order valence-corrected chi connectivity index (χ0v) is 12.1. The van der Waals surface area contributed by atoms with Crippen molar-refractivity contribution in [1.29, 1.82) is 0 Å². The van der Waals surface area contributed by atoms with Gasteiger partial charge in [-0.2, -0.15) is 11.8 Å². The number of carbonyl (C=O) groups is 1. The Bertz CT molecular complexity index is 292. The fourth-order valence-corrected chi connectivity index (χ4v) is 4.88. The lowest BCUT2D eigenvalue weighted by atomic mass is 10.00. The molecular weight excluding hydrogens is 246 g/mol. The lowest BCUT2D eigenvalue weighted by Gasteiger charge is -2.25. The first-order valence-electron chi connectivity index (χ1n) is 7.25. The van der Waals surface area contributed by atoms with Crippen molar-refractivity contribution in [2.45, 2.75) is 74.3 Å². The molecule has 0 bridgehead atoms. The Labute approximate surface area is 114 Å². The Morgan fingerprint density at radius 2 is 2.00 bits per heavy atom. The van der Waals surface area contributed by atoms with Gasteiger partial charge >= 0.3 is 5.97 Å². The second-order valence-corrected chi connectivity index (χ2v) is 7.24. The van der Waals surface area contributed by atoms with E-state index in [0.29, 0.717) is 11.9 Å². The van der Waals surface area contributed by atoms with E-state index in [-0.39, 0.29) is 5.97 Å². The zero-order chi connectivity index (χ0) is 13.0. The van der Waals surface area contributed by atoms with Crippen molar-refractivity contribution in [2.75, 3.05) is 6.61 Å². The predicted molar refractivity (Wildman–Crippen MR) is 75.7 cm³/mol. The van der Waals surface area contributed by atoms with E-state index in [1.165, 1.54) is 32.1 Å². The summed E-state index contributed by atoms with van der Waals surface area (Å²) in [4.78, 5) is 11.8. The molecule has 104 valence electrons. The Balaban J connectivity index is 1.81. The third-order valence-electron chi connectivity index (χ3n) is 4.12. The molecule has 18 heavy (non-hydrogen) atoms. The molecule has 0 spiro atoms. The highest BCUT2D eigenvalue weighted by Crippen LogP contribution is 2.41. The molecule has 2 atom stereocenters. The normalized spacial score (nSPS) is 33.6. The Kier molecular flexibility index (Phi) is 4.96. The van der Waals surface area contributed by atoms with E-state index in [0.717, 1.165) is 24.5 Å². The fourth-order valence-electron chi connectivity index (χ4n) is 3.08. The highest BCUT2D eigenvalue weighted by molar-refractivity contribution is 8.00. The van der Waals surface area contributed by atoms with Gasteiger partial charge in [-0.05, 0) is 39.0 Å². The monoisotopic (exact) mass is 271 g/mol. The van der Waals surface area contributed by atoms with Crippen LogP contribution < -0.4 is 5.73 Å². The van der Waals surface area contributed by atoms with Crippen molar-refractivity contribution >= 4 is 17.7 Å². The summed E-state index contributed by atoms with van der Waals surface area (Å²) >= 11 is 2.08. The molecule has 2 fully saturated rings. The van der Waals surface area contributed by atoms with Crippen molar-refractivity contribution in [1.82, 2.24) is 0 Å². The van der Waals surface area contributed by atoms with Crippen molar-refractivity contribution in [3.05, 3.63) is 0 Å². The summed E-state index contributed by atoms with van der Waals surface area (Å²) in [6.07, 6.45) is 9.48. The maximum Gasteiger partial charge on any atom is 0.326 e. The maximum atomic E-state index is 11.8. The van der Waals surface area contributed by atoms with E-state index in [2.05, 4.69) is 11.8 Å². The predicted octanol–water partition coefficient (Wildman–Crippen LogP) is 2.87. The molecule has 0 saturated heterocycles. The summed E-state index contributed by atoms with van der Waals surface area (Å²) in [5.41, 5.74) is 5.49. The van der Waals surface area contributed by atoms with Crippen molar-refractivity contribution in [3.8, 4) is 0 Å². The molecule has 0 aromatic heterocycles. The van der Waals surface area contributed by atoms with Gasteiger partial charge in [0, 0.05) is 10.5 Å². The number of nitrogens with two attached hydrogens (primary N) is 1. The Morgan fingerprint density at radius 1 is 1.28 bits per heavy atom. The molecule has 0 aromatic rings. The third kappa shape index (κ3) is 3.41. The molecule has 3 nitrogen and oxygen atoms in total. The van der Waals surface area contributed by atoms with Crippen LogP contribution in [0, 0.1) is 0 Å². The summed E-state index contributed by atoms with van der Waals surface area (Å²) < 4.78 is 5.09. The molecule has 2 unspecified atom stereocenters. The lowest BCUT2D eigenvalue weighted by Crippen LogP contribution is -2.47. The lowest BCUT2D eigenvalue weighted by molar-refractivity contribution is -0.149. The van der Waals surface area contributed by atoms with Gasteiger partial charge in [0.2, 0.25) is 0 Å². The summed E-state index contributed by atoms with van der Waals surface area (Å²) in [6, 6.07) is 0. The van der Waals surface area contributed by atoms with Crippen LogP contribution in [0.15, 0.2) is 0 Å². The van der Waals surface area contributed by atoms with Crippen LogP contribution in [-0.2, 0) is 9.53 Å². The molecular formula is C14H25NO2S. The first kappa shape index (κ1) is 14.2. The van der Waals surface area contributed by atoms with Crippen molar-refractivity contribution in [3.63, 3.8) is 0 Å². The second-order valence-electron chi connectivity index (χ2n) is 5.64. The van der Waals surface area contributed by atoms with Gasteiger partial charge in [0.1, 0.15) is 5.54 Å². The standard InChI is InChI=1S/C14H25NO2S/c1-2-17-13(16)14(15)9-8-12(10-14)18-11-6-4-3-5-7-11/h11-12H,2-10,15H2,1H3. The first-order chi connectivity index (χ1) is 8.64. The molecule has 2 aliphatic carbocycles.